The van der Waals surface area contributed by atoms with Crippen LogP contribution in [0.1, 0.15) is 44.9 Å². The summed E-state index contributed by atoms with van der Waals surface area (Å²) in [6.45, 7) is 0. The standard InChI is InChI=1S/C6H9O.C5H9.Fe/c7-5-6-3-1-2-4-6;1-2-4-5-3-1;/h1,5-6H,2-4H2;1H,2-5H2;/q2*-1;+2. The van der Waals surface area contributed by atoms with Crippen molar-refractivity contribution in [2.75, 3.05) is 0 Å². The molecule has 2 saturated carbocycles. The van der Waals surface area contributed by atoms with Gasteiger partial charge in [0.2, 0.25) is 0 Å². The number of carbonyl (C=O) groups excluding carboxylic acids is 1. The minimum absolute atomic E-state index is 0. The van der Waals surface area contributed by atoms with Gasteiger partial charge in [0.25, 0.3) is 0 Å². The van der Waals surface area contributed by atoms with Crippen molar-refractivity contribution in [2.24, 2.45) is 5.92 Å². The summed E-state index contributed by atoms with van der Waals surface area (Å²) in [5, 5.41) is 0. The number of rotatable bonds is 1. The van der Waals surface area contributed by atoms with E-state index in [9.17, 15) is 4.79 Å². The molecule has 0 saturated heterocycles. The molecule has 0 aromatic heterocycles. The predicted molar refractivity (Wildman–Crippen MR) is 50.5 cm³/mol. The van der Waals surface area contributed by atoms with E-state index in [0.29, 0.717) is 5.92 Å². The van der Waals surface area contributed by atoms with Gasteiger partial charge in [0.05, 0.1) is 0 Å². The molecule has 0 amide bonds. The van der Waals surface area contributed by atoms with Crippen molar-refractivity contribution in [3.05, 3.63) is 12.8 Å². The van der Waals surface area contributed by atoms with Crippen molar-refractivity contribution in [3.63, 3.8) is 0 Å². The summed E-state index contributed by atoms with van der Waals surface area (Å²) in [6.07, 6.45) is 14.5. The van der Waals surface area contributed by atoms with Crippen LogP contribution < -0.4 is 0 Å². The maximum Gasteiger partial charge on any atom is 2.00 e. The van der Waals surface area contributed by atoms with Crippen molar-refractivity contribution in [1.82, 2.24) is 0 Å². The van der Waals surface area contributed by atoms with Crippen molar-refractivity contribution in [1.29, 1.82) is 0 Å². The fourth-order valence-electron chi connectivity index (χ4n) is 1.63. The summed E-state index contributed by atoms with van der Waals surface area (Å²) in [6, 6.07) is 0. The van der Waals surface area contributed by atoms with Crippen LogP contribution in [-0.2, 0) is 21.9 Å². The van der Waals surface area contributed by atoms with E-state index in [1.165, 1.54) is 25.7 Å². The first-order valence-corrected chi connectivity index (χ1v) is 5.02. The Labute approximate surface area is 92.1 Å². The molecule has 0 aliphatic heterocycles. The van der Waals surface area contributed by atoms with Gasteiger partial charge >= 0.3 is 17.1 Å². The summed E-state index contributed by atoms with van der Waals surface area (Å²) in [7, 11) is 0. The summed E-state index contributed by atoms with van der Waals surface area (Å²) in [4.78, 5) is 9.99. The summed E-state index contributed by atoms with van der Waals surface area (Å²) < 4.78 is 0. The topological polar surface area (TPSA) is 17.1 Å². The Morgan fingerprint density at radius 2 is 1.77 bits per heavy atom. The third-order valence-electron chi connectivity index (χ3n) is 2.47. The monoisotopic (exact) mass is 222 g/mol. The van der Waals surface area contributed by atoms with Crippen molar-refractivity contribution in [2.45, 2.75) is 44.9 Å². The molecule has 0 bridgehead atoms. The molecule has 1 atom stereocenters. The summed E-state index contributed by atoms with van der Waals surface area (Å²) >= 11 is 0. The van der Waals surface area contributed by atoms with Crippen LogP contribution in [-0.4, -0.2) is 6.29 Å². The number of carbonyl (C=O) groups is 1. The maximum absolute atomic E-state index is 9.99. The zero-order valence-corrected chi connectivity index (χ0v) is 9.13. The molecule has 0 radical (unpaired) electrons. The molecule has 2 fully saturated rings. The normalized spacial score (nSPS) is 25.7. The molecule has 0 heterocycles. The van der Waals surface area contributed by atoms with Crippen LogP contribution in [0.2, 0.25) is 0 Å². The number of hydrogen-bond donors (Lipinski definition) is 0. The van der Waals surface area contributed by atoms with Gasteiger partial charge < -0.3 is 17.6 Å². The first kappa shape index (κ1) is 13.2. The minimum atomic E-state index is 0. The van der Waals surface area contributed by atoms with E-state index in [-0.39, 0.29) is 17.1 Å². The largest absolute Gasteiger partial charge is 2.00 e. The molecular weight excluding hydrogens is 204 g/mol. The molecule has 0 N–H and O–H groups in total. The first-order chi connectivity index (χ1) is 5.93. The van der Waals surface area contributed by atoms with Gasteiger partial charge in [-0.1, -0.05) is 19.3 Å². The zero-order chi connectivity index (χ0) is 8.65. The molecule has 2 heteroatoms. The van der Waals surface area contributed by atoms with Crippen LogP contribution in [0.15, 0.2) is 0 Å². The molecule has 2 aliphatic rings. The summed E-state index contributed by atoms with van der Waals surface area (Å²) in [5.41, 5.74) is 0. The van der Waals surface area contributed by atoms with Gasteiger partial charge in [-0.15, -0.1) is 0 Å². The van der Waals surface area contributed by atoms with Gasteiger partial charge in [-0.2, -0.15) is 25.7 Å². The number of hydrogen-bond acceptors (Lipinski definition) is 1. The Morgan fingerprint density at radius 1 is 1.08 bits per heavy atom. The molecule has 2 rings (SSSR count). The van der Waals surface area contributed by atoms with Crippen molar-refractivity contribution in [3.8, 4) is 0 Å². The van der Waals surface area contributed by atoms with Crippen molar-refractivity contribution >= 4 is 6.29 Å². The Morgan fingerprint density at radius 3 is 2.00 bits per heavy atom. The fraction of sp³-hybridized carbons (Fsp3) is 0.727. The molecule has 1 nitrogen and oxygen atoms in total. The number of aldehydes is 1. The van der Waals surface area contributed by atoms with Crippen molar-refractivity contribution < 1.29 is 21.9 Å². The van der Waals surface area contributed by atoms with Crippen LogP contribution in [0.25, 0.3) is 0 Å². The van der Waals surface area contributed by atoms with Crippen LogP contribution in [0, 0.1) is 18.8 Å². The van der Waals surface area contributed by atoms with Gasteiger partial charge in [0.1, 0.15) is 6.29 Å². The maximum atomic E-state index is 9.99. The third-order valence-corrected chi connectivity index (χ3v) is 2.47. The quantitative estimate of drug-likeness (QED) is 0.378. The van der Waals surface area contributed by atoms with E-state index < -0.39 is 0 Å². The SMILES string of the molecule is O=CC1C[CH-]CC1.[CH-]1CCCC1.[Fe+2]. The van der Waals surface area contributed by atoms with Crippen LogP contribution >= 0.6 is 0 Å². The fourth-order valence-corrected chi connectivity index (χ4v) is 1.63. The molecule has 0 aromatic rings. The van der Waals surface area contributed by atoms with Gasteiger partial charge in [0.15, 0.2) is 0 Å². The van der Waals surface area contributed by atoms with Gasteiger partial charge in [-0.25, -0.2) is 0 Å². The average molecular weight is 222 g/mol. The third kappa shape index (κ3) is 6.29. The molecule has 0 spiro atoms. The molecule has 76 valence electrons. The second-order valence-corrected chi connectivity index (χ2v) is 3.57. The molecular formula is C11H18FeO. The first-order valence-electron chi connectivity index (χ1n) is 5.02. The molecule has 2 aliphatic carbocycles. The Hall–Kier alpha value is 0.189. The zero-order valence-electron chi connectivity index (χ0n) is 8.02. The van der Waals surface area contributed by atoms with E-state index in [1.54, 1.807) is 0 Å². The predicted octanol–water partition coefficient (Wildman–Crippen LogP) is 2.95. The Kier molecular flexibility index (Phi) is 8.90. The van der Waals surface area contributed by atoms with Crippen LogP contribution in [0.3, 0.4) is 0 Å². The van der Waals surface area contributed by atoms with E-state index in [2.05, 4.69) is 12.8 Å². The molecule has 0 aromatic carbocycles. The van der Waals surface area contributed by atoms with Gasteiger partial charge in [-0.05, 0) is 5.92 Å². The molecule has 1 unspecified atom stereocenters. The molecule has 13 heavy (non-hydrogen) atoms. The van der Waals surface area contributed by atoms with E-state index in [1.807, 2.05) is 0 Å². The second-order valence-electron chi connectivity index (χ2n) is 3.57. The average Bonchev–Trinajstić information content (AvgIpc) is 2.81. The Balaban J connectivity index is 0.000000215. The van der Waals surface area contributed by atoms with E-state index in [0.717, 1.165) is 25.5 Å². The smallest absolute Gasteiger partial charge is 0.328 e. The van der Waals surface area contributed by atoms with Crippen LogP contribution in [0.5, 0.6) is 0 Å². The van der Waals surface area contributed by atoms with E-state index in [4.69, 9.17) is 0 Å². The van der Waals surface area contributed by atoms with E-state index >= 15 is 0 Å². The van der Waals surface area contributed by atoms with Gasteiger partial charge in [-0.3, -0.25) is 0 Å². The Bertz CT molecular complexity index is 108. The minimum Gasteiger partial charge on any atom is -0.328 e. The second kappa shape index (κ2) is 8.77. The van der Waals surface area contributed by atoms with Crippen LogP contribution in [0.4, 0.5) is 0 Å². The summed E-state index contributed by atoms with van der Waals surface area (Å²) in [5.74, 6) is 0.361. The van der Waals surface area contributed by atoms with Gasteiger partial charge in [0, 0.05) is 0 Å².